The molecule has 0 saturated heterocycles. The molecule has 3 aromatic carbocycles. The van der Waals surface area contributed by atoms with Gasteiger partial charge in [0, 0.05) is 30.0 Å². The third-order valence-corrected chi connectivity index (χ3v) is 4.90. The summed E-state index contributed by atoms with van der Waals surface area (Å²) in [7, 11) is 0. The van der Waals surface area contributed by atoms with E-state index in [4.69, 9.17) is 16.3 Å². The van der Waals surface area contributed by atoms with E-state index in [9.17, 15) is 5.11 Å². The van der Waals surface area contributed by atoms with Crippen LogP contribution in [0, 0.1) is 0 Å². The summed E-state index contributed by atoms with van der Waals surface area (Å²) in [5.41, 5.74) is 1.74. The van der Waals surface area contributed by atoms with E-state index in [2.05, 4.69) is 24.3 Å². The van der Waals surface area contributed by atoms with Crippen molar-refractivity contribution >= 4 is 22.4 Å². The van der Waals surface area contributed by atoms with E-state index < -0.39 is 5.60 Å². The van der Waals surface area contributed by atoms with Gasteiger partial charge in [-0.3, -0.25) is 0 Å². The zero-order valence-electron chi connectivity index (χ0n) is 12.6. The van der Waals surface area contributed by atoms with E-state index >= 15 is 0 Å². The lowest BCUT2D eigenvalue weighted by Gasteiger charge is -2.29. The van der Waals surface area contributed by atoms with E-state index in [1.54, 1.807) is 0 Å². The maximum Gasteiger partial charge on any atom is 0.140 e. The average molecular weight is 325 g/mol. The molecule has 1 N–H and O–H groups in total. The number of ether oxygens (including phenoxy) is 1. The lowest BCUT2D eigenvalue weighted by molar-refractivity contribution is 0.0603. The van der Waals surface area contributed by atoms with Crippen molar-refractivity contribution in [2.75, 3.05) is 6.61 Å². The van der Waals surface area contributed by atoms with Crippen LogP contribution in [0.3, 0.4) is 0 Å². The summed E-state index contributed by atoms with van der Waals surface area (Å²) >= 11 is 6.02. The van der Waals surface area contributed by atoms with E-state index in [0.29, 0.717) is 11.4 Å². The van der Waals surface area contributed by atoms with Crippen molar-refractivity contribution in [1.29, 1.82) is 0 Å². The van der Waals surface area contributed by atoms with Crippen molar-refractivity contribution in [3.8, 4) is 5.75 Å². The summed E-state index contributed by atoms with van der Waals surface area (Å²) in [5.74, 6) is 0.909. The zero-order valence-corrected chi connectivity index (χ0v) is 13.4. The number of benzene rings is 3. The van der Waals surface area contributed by atoms with Crippen molar-refractivity contribution < 1.29 is 9.84 Å². The quantitative estimate of drug-likeness (QED) is 0.756. The van der Waals surface area contributed by atoms with Gasteiger partial charge in [-0.2, -0.15) is 0 Å². The van der Waals surface area contributed by atoms with E-state index in [1.807, 2.05) is 36.4 Å². The molecule has 0 amide bonds. The molecule has 0 aromatic heterocycles. The molecule has 3 aromatic rings. The number of halogens is 1. The SMILES string of the molecule is OCCC1(c2ccc(Cl)cc2)Cc2c(ccc3ccccc23)O1. The highest BCUT2D eigenvalue weighted by Gasteiger charge is 2.41. The molecular weight excluding hydrogens is 308 g/mol. The minimum Gasteiger partial charge on any atom is -0.482 e. The highest BCUT2D eigenvalue weighted by molar-refractivity contribution is 6.30. The largest absolute Gasteiger partial charge is 0.482 e. The standard InChI is InChI=1S/C20H17ClO2/c21-16-8-6-15(7-9-16)20(11-12-22)13-18-17-4-2-1-3-14(17)5-10-19(18)23-20/h1-10,22H,11-13H2. The second kappa shape index (κ2) is 5.55. The van der Waals surface area contributed by atoms with Crippen LogP contribution in [0.4, 0.5) is 0 Å². The second-order valence-electron chi connectivity index (χ2n) is 6.02. The molecule has 1 unspecified atom stereocenters. The number of fused-ring (bicyclic) bond motifs is 3. The third-order valence-electron chi connectivity index (χ3n) is 4.65. The van der Waals surface area contributed by atoms with Crippen molar-refractivity contribution in [2.24, 2.45) is 0 Å². The van der Waals surface area contributed by atoms with Crippen LogP contribution >= 0.6 is 11.6 Å². The molecule has 0 saturated carbocycles. The minimum absolute atomic E-state index is 0.0779. The number of hydrogen-bond donors (Lipinski definition) is 1. The molecule has 3 heteroatoms. The number of aliphatic hydroxyl groups excluding tert-OH is 1. The molecule has 0 aliphatic carbocycles. The summed E-state index contributed by atoms with van der Waals surface area (Å²) < 4.78 is 6.37. The fourth-order valence-electron chi connectivity index (χ4n) is 3.51. The van der Waals surface area contributed by atoms with Gasteiger partial charge < -0.3 is 9.84 Å². The lowest BCUT2D eigenvalue weighted by Crippen LogP contribution is -2.32. The van der Waals surface area contributed by atoms with E-state index in [-0.39, 0.29) is 6.61 Å². The molecule has 0 bridgehead atoms. The summed E-state index contributed by atoms with van der Waals surface area (Å²) in [5, 5.41) is 12.7. The van der Waals surface area contributed by atoms with Gasteiger partial charge in [0.1, 0.15) is 11.4 Å². The summed E-state index contributed by atoms with van der Waals surface area (Å²) in [6.45, 7) is 0.0779. The Kier molecular flexibility index (Phi) is 3.51. The topological polar surface area (TPSA) is 29.5 Å². The minimum atomic E-state index is -0.522. The first-order chi connectivity index (χ1) is 11.2. The first-order valence-corrected chi connectivity index (χ1v) is 8.16. The fourth-order valence-corrected chi connectivity index (χ4v) is 3.63. The number of rotatable bonds is 3. The summed E-state index contributed by atoms with van der Waals surface area (Å²) in [6.07, 6.45) is 1.31. The Morgan fingerprint density at radius 2 is 1.78 bits per heavy atom. The lowest BCUT2D eigenvalue weighted by atomic mass is 9.85. The van der Waals surface area contributed by atoms with E-state index in [1.165, 1.54) is 16.3 Å². The van der Waals surface area contributed by atoms with Crippen LogP contribution in [-0.2, 0) is 12.0 Å². The van der Waals surface area contributed by atoms with Crippen LogP contribution in [0.5, 0.6) is 5.75 Å². The molecule has 2 nitrogen and oxygen atoms in total. The van der Waals surface area contributed by atoms with E-state index in [0.717, 1.165) is 17.7 Å². The number of hydrogen-bond acceptors (Lipinski definition) is 2. The molecular formula is C20H17ClO2. The van der Waals surface area contributed by atoms with Gasteiger partial charge in [-0.25, -0.2) is 0 Å². The Labute approximate surface area is 140 Å². The first kappa shape index (κ1) is 14.6. The van der Waals surface area contributed by atoms with Crippen LogP contribution in [-0.4, -0.2) is 11.7 Å². The predicted molar refractivity (Wildman–Crippen MR) is 93.1 cm³/mol. The molecule has 0 spiro atoms. The molecule has 1 atom stereocenters. The average Bonchev–Trinajstić information content (AvgIpc) is 2.96. The predicted octanol–water partition coefficient (Wildman–Crippen LogP) is 4.71. The number of aliphatic hydroxyl groups is 1. The Morgan fingerprint density at radius 1 is 1.00 bits per heavy atom. The van der Waals surface area contributed by atoms with Crippen LogP contribution in [0.25, 0.3) is 10.8 Å². The molecule has 23 heavy (non-hydrogen) atoms. The van der Waals surface area contributed by atoms with Gasteiger partial charge in [0.05, 0.1) is 0 Å². The maximum atomic E-state index is 9.59. The van der Waals surface area contributed by atoms with Crippen LogP contribution < -0.4 is 4.74 Å². The van der Waals surface area contributed by atoms with Crippen molar-refractivity contribution in [3.63, 3.8) is 0 Å². The van der Waals surface area contributed by atoms with Crippen LogP contribution in [0.1, 0.15) is 17.5 Å². The second-order valence-corrected chi connectivity index (χ2v) is 6.45. The van der Waals surface area contributed by atoms with Gasteiger partial charge in [-0.1, -0.05) is 54.1 Å². The normalized spacial score (nSPS) is 19.6. The molecule has 1 aliphatic heterocycles. The summed E-state index contributed by atoms with van der Waals surface area (Å²) in [6, 6.07) is 20.2. The van der Waals surface area contributed by atoms with Gasteiger partial charge in [0.25, 0.3) is 0 Å². The molecule has 0 radical (unpaired) electrons. The zero-order chi connectivity index (χ0) is 15.9. The Balaban J connectivity index is 1.84. The van der Waals surface area contributed by atoms with Crippen molar-refractivity contribution in [2.45, 2.75) is 18.4 Å². The van der Waals surface area contributed by atoms with Gasteiger partial charge in [0.2, 0.25) is 0 Å². The third kappa shape index (κ3) is 2.39. The molecule has 116 valence electrons. The van der Waals surface area contributed by atoms with Gasteiger partial charge in [-0.15, -0.1) is 0 Å². The highest BCUT2D eigenvalue weighted by Crippen LogP contribution is 2.46. The molecule has 0 fully saturated rings. The maximum absolute atomic E-state index is 9.59. The Bertz CT molecular complexity index is 857. The summed E-state index contributed by atoms with van der Waals surface area (Å²) in [4.78, 5) is 0. The molecule has 1 heterocycles. The monoisotopic (exact) mass is 324 g/mol. The van der Waals surface area contributed by atoms with Crippen molar-refractivity contribution in [3.05, 3.63) is 76.8 Å². The fraction of sp³-hybridized carbons (Fsp3) is 0.200. The molecule has 4 rings (SSSR count). The van der Waals surface area contributed by atoms with Gasteiger partial charge in [0.15, 0.2) is 0 Å². The Hall–Kier alpha value is -2.03. The van der Waals surface area contributed by atoms with Crippen LogP contribution in [0.2, 0.25) is 5.02 Å². The smallest absolute Gasteiger partial charge is 0.140 e. The van der Waals surface area contributed by atoms with Gasteiger partial charge in [-0.05, 0) is 34.5 Å². The van der Waals surface area contributed by atoms with Gasteiger partial charge >= 0.3 is 0 Å². The highest BCUT2D eigenvalue weighted by atomic mass is 35.5. The van der Waals surface area contributed by atoms with Crippen LogP contribution in [0.15, 0.2) is 60.7 Å². The molecule has 1 aliphatic rings. The Morgan fingerprint density at radius 3 is 2.57 bits per heavy atom. The van der Waals surface area contributed by atoms with Crippen molar-refractivity contribution in [1.82, 2.24) is 0 Å². The first-order valence-electron chi connectivity index (χ1n) is 7.78.